The van der Waals surface area contributed by atoms with E-state index in [0.29, 0.717) is 18.2 Å². The average molecular weight is 602 g/mol. The molecule has 1 N–H and O–H groups in total. The van der Waals surface area contributed by atoms with Gasteiger partial charge in [0.25, 0.3) is 0 Å². The maximum Gasteiger partial charge on any atom is 0.232 e. The molecule has 2 saturated heterocycles. The van der Waals surface area contributed by atoms with Gasteiger partial charge in [0.05, 0.1) is 5.39 Å². The summed E-state index contributed by atoms with van der Waals surface area (Å²) in [5, 5.41) is 4.60. The predicted molar refractivity (Wildman–Crippen MR) is 181 cm³/mol. The van der Waals surface area contributed by atoms with Crippen LogP contribution in [0.3, 0.4) is 0 Å². The maximum absolute atomic E-state index is 6.48. The molecule has 7 heteroatoms. The Bertz CT molecular complexity index is 1640. The van der Waals surface area contributed by atoms with Gasteiger partial charge in [-0.15, -0.1) is 0 Å². The van der Waals surface area contributed by atoms with Crippen LogP contribution < -0.4 is 10.1 Å². The lowest BCUT2D eigenvalue weighted by atomic mass is 9.93. The number of benzene rings is 3. The molecule has 0 amide bonds. The lowest BCUT2D eigenvalue weighted by Gasteiger charge is -2.32. The van der Waals surface area contributed by atoms with Gasteiger partial charge in [-0.1, -0.05) is 60.7 Å². The molecule has 0 atom stereocenters. The fraction of sp³-hybridized carbons (Fsp3) is 0.368. The van der Waals surface area contributed by atoms with Crippen LogP contribution in [0.2, 0.25) is 0 Å². The van der Waals surface area contributed by atoms with Gasteiger partial charge in [0.2, 0.25) is 5.71 Å². The van der Waals surface area contributed by atoms with Gasteiger partial charge in [-0.2, -0.15) is 0 Å². The van der Waals surface area contributed by atoms with Crippen LogP contribution in [0, 0.1) is 5.92 Å². The average Bonchev–Trinajstić information content (AvgIpc) is 3.76. The Kier molecular flexibility index (Phi) is 9.36. The van der Waals surface area contributed by atoms with Crippen molar-refractivity contribution in [3.8, 4) is 28.2 Å². The largest absolute Gasteiger partial charge is 0.492 e. The molecule has 2 fully saturated rings. The molecule has 0 unspecified atom stereocenters. The molecule has 0 saturated carbocycles. The predicted octanol–water partition coefficient (Wildman–Crippen LogP) is 7.75. The number of ether oxygens (including phenoxy) is 1. The number of fused-ring (bicyclic) bond motifs is 1. The van der Waals surface area contributed by atoms with Crippen LogP contribution >= 0.6 is 0 Å². The number of piperidine rings is 1. The second kappa shape index (κ2) is 14.3. The Morgan fingerprint density at radius 1 is 0.778 bits per heavy atom. The van der Waals surface area contributed by atoms with Crippen molar-refractivity contribution in [2.75, 3.05) is 51.2 Å². The van der Waals surface area contributed by atoms with E-state index >= 15 is 0 Å². The number of furan rings is 1. The molecule has 232 valence electrons. The van der Waals surface area contributed by atoms with E-state index in [9.17, 15) is 0 Å². The molecule has 7 rings (SSSR count). The van der Waals surface area contributed by atoms with Crippen LogP contribution in [0.1, 0.15) is 37.7 Å². The zero-order valence-electron chi connectivity index (χ0n) is 26.0. The Morgan fingerprint density at radius 3 is 2.27 bits per heavy atom. The van der Waals surface area contributed by atoms with Crippen molar-refractivity contribution in [2.24, 2.45) is 5.92 Å². The zero-order chi connectivity index (χ0) is 30.3. The van der Waals surface area contributed by atoms with Crippen LogP contribution in [0.4, 0.5) is 5.82 Å². The van der Waals surface area contributed by atoms with E-state index in [2.05, 4.69) is 86.8 Å². The molecular formula is C38H43N5O2. The Hall–Kier alpha value is -4.20. The van der Waals surface area contributed by atoms with E-state index in [4.69, 9.17) is 14.1 Å². The molecule has 45 heavy (non-hydrogen) atoms. The third-order valence-corrected chi connectivity index (χ3v) is 9.34. The van der Waals surface area contributed by atoms with Crippen molar-refractivity contribution in [1.82, 2.24) is 19.8 Å². The molecule has 0 bridgehead atoms. The maximum atomic E-state index is 6.48. The monoisotopic (exact) mass is 601 g/mol. The number of anilines is 1. The third kappa shape index (κ3) is 7.21. The van der Waals surface area contributed by atoms with Gasteiger partial charge in [-0.3, -0.25) is 9.80 Å². The van der Waals surface area contributed by atoms with Crippen LogP contribution in [0.25, 0.3) is 33.6 Å². The number of hydrogen-bond acceptors (Lipinski definition) is 7. The SMILES string of the molecule is c1ccc(CN2CCC(CCNc3ncnc4oc(-c5ccc(OCCN6CCCC6)cc5)c(-c5ccccc5)c34)CC2)cc1. The van der Waals surface area contributed by atoms with Crippen molar-refractivity contribution in [3.05, 3.63) is 96.8 Å². The molecule has 3 aromatic carbocycles. The highest BCUT2D eigenvalue weighted by Crippen LogP contribution is 2.43. The lowest BCUT2D eigenvalue weighted by molar-refractivity contribution is 0.174. The summed E-state index contributed by atoms with van der Waals surface area (Å²) < 4.78 is 12.6. The van der Waals surface area contributed by atoms with Gasteiger partial charge in [0, 0.05) is 30.8 Å². The summed E-state index contributed by atoms with van der Waals surface area (Å²) in [5.74, 6) is 3.22. The molecule has 0 radical (unpaired) electrons. The zero-order valence-corrected chi connectivity index (χ0v) is 26.0. The van der Waals surface area contributed by atoms with Crippen molar-refractivity contribution in [1.29, 1.82) is 0 Å². The van der Waals surface area contributed by atoms with E-state index in [-0.39, 0.29) is 0 Å². The summed E-state index contributed by atoms with van der Waals surface area (Å²) in [6.07, 6.45) is 7.79. The smallest absolute Gasteiger partial charge is 0.232 e. The highest BCUT2D eigenvalue weighted by molar-refractivity contribution is 6.05. The molecule has 0 spiro atoms. The fourth-order valence-corrected chi connectivity index (χ4v) is 6.82. The summed E-state index contributed by atoms with van der Waals surface area (Å²) in [6.45, 7) is 8.28. The summed E-state index contributed by atoms with van der Waals surface area (Å²) >= 11 is 0. The second-order valence-electron chi connectivity index (χ2n) is 12.4. The topological polar surface area (TPSA) is 66.7 Å². The highest BCUT2D eigenvalue weighted by atomic mass is 16.5. The Morgan fingerprint density at radius 2 is 1.51 bits per heavy atom. The van der Waals surface area contributed by atoms with Gasteiger partial charge < -0.3 is 14.5 Å². The molecule has 2 aromatic heterocycles. The fourth-order valence-electron chi connectivity index (χ4n) is 6.82. The molecule has 2 aliphatic heterocycles. The molecule has 2 aliphatic rings. The highest BCUT2D eigenvalue weighted by Gasteiger charge is 2.23. The van der Waals surface area contributed by atoms with Crippen LogP contribution in [0.15, 0.2) is 95.7 Å². The number of hydrogen-bond donors (Lipinski definition) is 1. The summed E-state index contributed by atoms with van der Waals surface area (Å²) in [6, 6.07) is 29.5. The molecule has 4 heterocycles. The van der Waals surface area contributed by atoms with Gasteiger partial charge >= 0.3 is 0 Å². The van der Waals surface area contributed by atoms with Gasteiger partial charge in [-0.25, -0.2) is 9.97 Å². The molecule has 0 aliphatic carbocycles. The minimum atomic E-state index is 0.599. The quantitative estimate of drug-likeness (QED) is 0.157. The van der Waals surface area contributed by atoms with Crippen LogP contribution in [-0.2, 0) is 6.54 Å². The summed E-state index contributed by atoms with van der Waals surface area (Å²) in [4.78, 5) is 14.3. The van der Waals surface area contributed by atoms with E-state index in [1.165, 1.54) is 44.3 Å². The van der Waals surface area contributed by atoms with Crippen molar-refractivity contribution in [2.45, 2.75) is 38.6 Å². The first-order valence-corrected chi connectivity index (χ1v) is 16.6. The van der Waals surface area contributed by atoms with E-state index in [1.807, 2.05) is 18.2 Å². The van der Waals surface area contributed by atoms with Crippen molar-refractivity contribution in [3.63, 3.8) is 0 Å². The normalized spacial score (nSPS) is 16.4. The number of likely N-dealkylation sites (tertiary alicyclic amines) is 2. The minimum absolute atomic E-state index is 0.599. The van der Waals surface area contributed by atoms with E-state index < -0.39 is 0 Å². The first kappa shape index (κ1) is 29.5. The first-order chi connectivity index (χ1) is 22.3. The van der Waals surface area contributed by atoms with Gasteiger partial charge in [-0.05, 0) is 99.6 Å². The lowest BCUT2D eigenvalue weighted by Crippen LogP contribution is -2.33. The molecule has 5 aromatic rings. The third-order valence-electron chi connectivity index (χ3n) is 9.34. The van der Waals surface area contributed by atoms with E-state index in [0.717, 1.165) is 78.5 Å². The standard InChI is InChI=1S/C38H43N5O2/c1-3-9-30(10-4-1)27-43-23-18-29(19-24-43)17-20-39-37-35-34(31-11-5-2-6-12-31)36(45-38(35)41-28-40-37)32-13-15-33(16-14-32)44-26-25-42-21-7-8-22-42/h1-6,9-16,28-29H,7-8,17-27H2,(H,39,40,41). The van der Waals surface area contributed by atoms with Crippen molar-refractivity contribution >= 4 is 16.9 Å². The van der Waals surface area contributed by atoms with Gasteiger partial charge in [0.1, 0.15) is 30.3 Å². The summed E-state index contributed by atoms with van der Waals surface area (Å²) in [7, 11) is 0. The van der Waals surface area contributed by atoms with Crippen LogP contribution in [0.5, 0.6) is 5.75 Å². The second-order valence-corrected chi connectivity index (χ2v) is 12.4. The van der Waals surface area contributed by atoms with Gasteiger partial charge in [0.15, 0.2) is 0 Å². The first-order valence-electron chi connectivity index (χ1n) is 16.6. The number of nitrogens with one attached hydrogen (secondary N) is 1. The summed E-state index contributed by atoms with van der Waals surface area (Å²) in [5.41, 5.74) is 5.09. The molecular weight excluding hydrogens is 558 g/mol. The van der Waals surface area contributed by atoms with Crippen molar-refractivity contribution < 1.29 is 9.15 Å². The number of aromatic nitrogens is 2. The van der Waals surface area contributed by atoms with Crippen LogP contribution in [-0.4, -0.2) is 65.6 Å². The number of rotatable bonds is 12. The Balaban J connectivity index is 1.04. The number of nitrogens with zero attached hydrogens (tertiary/aromatic N) is 4. The van der Waals surface area contributed by atoms with E-state index in [1.54, 1.807) is 6.33 Å². The molecule has 7 nitrogen and oxygen atoms in total. The minimum Gasteiger partial charge on any atom is -0.492 e. The Labute approximate surface area is 266 Å².